The number of halogens is 1. The van der Waals surface area contributed by atoms with Gasteiger partial charge < -0.3 is 9.90 Å². The fourth-order valence-electron chi connectivity index (χ4n) is 1.27. The topological polar surface area (TPSA) is 57.2 Å². The quantitative estimate of drug-likeness (QED) is 0.544. The Labute approximate surface area is 86.5 Å². The number of carboxylic acid groups (broad SMARTS) is 1. The lowest BCUT2D eigenvalue weighted by molar-refractivity contribution is -0.309. The lowest BCUT2D eigenvalue weighted by Gasteiger charge is -2.14. The number of benzene rings is 1. The molecule has 1 aromatic carbocycles. The Balaban J connectivity index is 2.93. The van der Waals surface area contributed by atoms with Gasteiger partial charge in [0.2, 0.25) is 0 Å². The van der Waals surface area contributed by atoms with Gasteiger partial charge in [-0.15, -0.1) is 0 Å². The van der Waals surface area contributed by atoms with Crippen LogP contribution in [0.1, 0.15) is 23.7 Å². The summed E-state index contributed by atoms with van der Waals surface area (Å²) < 4.78 is 12.6. The van der Waals surface area contributed by atoms with Gasteiger partial charge in [0.15, 0.2) is 5.78 Å². The van der Waals surface area contributed by atoms with Crippen LogP contribution in [0.4, 0.5) is 4.39 Å². The van der Waals surface area contributed by atoms with E-state index in [1.54, 1.807) is 6.92 Å². The zero-order valence-corrected chi connectivity index (χ0v) is 8.20. The number of carbonyl (C=O) groups excluding carboxylic acids is 2. The van der Waals surface area contributed by atoms with E-state index in [1.807, 2.05) is 0 Å². The Bertz CT molecular complexity index is 370. The van der Waals surface area contributed by atoms with E-state index in [0.717, 1.165) is 12.1 Å². The molecule has 0 radical (unpaired) electrons. The molecule has 0 aliphatic rings. The molecule has 0 amide bonds. The summed E-state index contributed by atoms with van der Waals surface area (Å²) in [5.74, 6) is -3.56. The van der Waals surface area contributed by atoms with E-state index < -0.39 is 23.5 Å². The highest BCUT2D eigenvalue weighted by molar-refractivity contribution is 6.07. The fraction of sp³-hybridized carbons (Fsp3) is 0.273. The largest absolute Gasteiger partial charge is 0.549 e. The van der Waals surface area contributed by atoms with Gasteiger partial charge >= 0.3 is 0 Å². The second-order valence-electron chi connectivity index (χ2n) is 3.15. The molecule has 0 bridgehead atoms. The number of aliphatic carboxylic acids is 1. The van der Waals surface area contributed by atoms with Gasteiger partial charge in [0, 0.05) is 5.56 Å². The first-order chi connectivity index (χ1) is 7.06. The number of ketones is 1. The van der Waals surface area contributed by atoms with Crippen LogP contribution in [0.5, 0.6) is 0 Å². The Morgan fingerprint density at radius 2 is 1.87 bits per heavy atom. The van der Waals surface area contributed by atoms with Crippen molar-refractivity contribution in [3.05, 3.63) is 35.6 Å². The summed E-state index contributed by atoms with van der Waals surface area (Å²) in [6.45, 7) is 1.59. The number of Topliss-reactive ketones (excluding diaryl/α,β-unsaturated/α-hetero) is 1. The maximum atomic E-state index is 12.6. The molecule has 15 heavy (non-hydrogen) atoms. The summed E-state index contributed by atoms with van der Waals surface area (Å²) in [6.07, 6.45) is 0.165. The Hall–Kier alpha value is -1.71. The summed E-state index contributed by atoms with van der Waals surface area (Å²) in [6, 6.07) is 4.77. The van der Waals surface area contributed by atoms with Crippen molar-refractivity contribution < 1.29 is 19.1 Å². The van der Waals surface area contributed by atoms with E-state index in [1.165, 1.54) is 12.1 Å². The van der Waals surface area contributed by atoms with Crippen LogP contribution in [0.2, 0.25) is 0 Å². The van der Waals surface area contributed by atoms with Crippen molar-refractivity contribution in [1.82, 2.24) is 0 Å². The number of hydrogen-bond acceptors (Lipinski definition) is 3. The molecule has 0 N–H and O–H groups in total. The molecule has 3 nitrogen and oxygen atoms in total. The lowest BCUT2D eigenvalue weighted by Crippen LogP contribution is -2.36. The molecule has 0 fully saturated rings. The highest BCUT2D eigenvalue weighted by Gasteiger charge is 2.19. The highest BCUT2D eigenvalue weighted by atomic mass is 19.1. The van der Waals surface area contributed by atoms with Crippen molar-refractivity contribution in [3.63, 3.8) is 0 Å². The van der Waals surface area contributed by atoms with Crippen LogP contribution in [-0.2, 0) is 4.79 Å². The van der Waals surface area contributed by atoms with Crippen LogP contribution < -0.4 is 5.11 Å². The lowest BCUT2D eigenvalue weighted by atomic mass is 9.95. The number of carboxylic acids is 1. The van der Waals surface area contributed by atoms with E-state index in [-0.39, 0.29) is 12.0 Å². The average Bonchev–Trinajstić information content (AvgIpc) is 2.19. The second kappa shape index (κ2) is 4.68. The maximum Gasteiger partial charge on any atom is 0.171 e. The molecule has 0 aliphatic carbocycles. The molecule has 0 spiro atoms. The van der Waals surface area contributed by atoms with Gasteiger partial charge in [-0.25, -0.2) is 4.39 Å². The molecule has 0 aromatic heterocycles. The zero-order chi connectivity index (χ0) is 11.4. The van der Waals surface area contributed by atoms with E-state index in [2.05, 4.69) is 0 Å². The van der Waals surface area contributed by atoms with Crippen LogP contribution in [0.25, 0.3) is 0 Å². The summed E-state index contributed by atoms with van der Waals surface area (Å²) in [5, 5.41) is 10.6. The number of hydrogen-bond donors (Lipinski definition) is 0. The van der Waals surface area contributed by atoms with E-state index >= 15 is 0 Å². The third kappa shape index (κ3) is 2.62. The standard InChI is InChI=1S/C11H11FO3/c1-2-9(11(14)15)10(13)7-3-5-8(12)6-4-7/h3-6,9H,2H2,1H3,(H,14,15)/p-1. The summed E-state index contributed by atoms with van der Waals surface area (Å²) in [4.78, 5) is 22.2. The van der Waals surface area contributed by atoms with E-state index in [0.29, 0.717) is 0 Å². The summed E-state index contributed by atoms with van der Waals surface area (Å²) in [5.41, 5.74) is 0.187. The molecular weight excluding hydrogens is 199 g/mol. The van der Waals surface area contributed by atoms with Gasteiger partial charge in [-0.2, -0.15) is 0 Å². The van der Waals surface area contributed by atoms with Crippen LogP contribution in [0.15, 0.2) is 24.3 Å². The molecule has 1 unspecified atom stereocenters. The first kappa shape index (κ1) is 11.4. The molecular formula is C11H10FO3-. The van der Waals surface area contributed by atoms with E-state index in [9.17, 15) is 19.1 Å². The predicted octanol–water partition coefficient (Wildman–Crippen LogP) is 0.784. The molecule has 0 aliphatic heterocycles. The molecule has 1 atom stereocenters. The van der Waals surface area contributed by atoms with Gasteiger partial charge in [0.25, 0.3) is 0 Å². The first-order valence-corrected chi connectivity index (χ1v) is 4.57. The van der Waals surface area contributed by atoms with Crippen molar-refractivity contribution in [2.45, 2.75) is 13.3 Å². The highest BCUT2D eigenvalue weighted by Crippen LogP contribution is 2.12. The minimum atomic E-state index is -1.40. The van der Waals surface area contributed by atoms with Crippen molar-refractivity contribution >= 4 is 11.8 Å². The SMILES string of the molecule is CCC(C(=O)[O-])C(=O)c1ccc(F)cc1. The van der Waals surface area contributed by atoms with Crippen molar-refractivity contribution in [1.29, 1.82) is 0 Å². The summed E-state index contributed by atoms with van der Waals surface area (Å²) in [7, 11) is 0. The van der Waals surface area contributed by atoms with Crippen molar-refractivity contribution in [2.24, 2.45) is 5.92 Å². The van der Waals surface area contributed by atoms with Crippen molar-refractivity contribution in [2.75, 3.05) is 0 Å². The second-order valence-corrected chi connectivity index (χ2v) is 3.15. The van der Waals surface area contributed by atoms with Gasteiger partial charge in [0.1, 0.15) is 5.82 Å². The molecule has 1 aromatic rings. The Morgan fingerprint density at radius 1 is 1.33 bits per heavy atom. The third-order valence-electron chi connectivity index (χ3n) is 2.14. The smallest absolute Gasteiger partial charge is 0.171 e. The van der Waals surface area contributed by atoms with Crippen LogP contribution in [-0.4, -0.2) is 11.8 Å². The minimum absolute atomic E-state index is 0.165. The first-order valence-electron chi connectivity index (χ1n) is 4.57. The third-order valence-corrected chi connectivity index (χ3v) is 2.14. The van der Waals surface area contributed by atoms with Gasteiger partial charge in [0.05, 0.1) is 11.9 Å². The molecule has 0 saturated carbocycles. The normalized spacial score (nSPS) is 12.1. The monoisotopic (exact) mass is 209 g/mol. The Kier molecular flexibility index (Phi) is 3.55. The van der Waals surface area contributed by atoms with Crippen LogP contribution in [0, 0.1) is 11.7 Å². The molecule has 1 rings (SSSR count). The van der Waals surface area contributed by atoms with Gasteiger partial charge in [-0.1, -0.05) is 6.92 Å². The van der Waals surface area contributed by atoms with E-state index in [4.69, 9.17) is 0 Å². The molecule has 80 valence electrons. The average molecular weight is 209 g/mol. The predicted molar refractivity (Wildman–Crippen MR) is 49.5 cm³/mol. The van der Waals surface area contributed by atoms with Crippen molar-refractivity contribution in [3.8, 4) is 0 Å². The van der Waals surface area contributed by atoms with Crippen LogP contribution in [0.3, 0.4) is 0 Å². The molecule has 4 heteroatoms. The molecule has 0 saturated heterocycles. The number of rotatable bonds is 4. The van der Waals surface area contributed by atoms with Gasteiger partial charge in [-0.3, -0.25) is 4.79 Å². The number of carbonyl (C=O) groups is 2. The summed E-state index contributed by atoms with van der Waals surface area (Å²) >= 11 is 0. The zero-order valence-electron chi connectivity index (χ0n) is 8.20. The molecule has 0 heterocycles. The Morgan fingerprint density at radius 3 is 2.27 bits per heavy atom. The van der Waals surface area contributed by atoms with Crippen LogP contribution >= 0.6 is 0 Å². The van der Waals surface area contributed by atoms with Gasteiger partial charge in [-0.05, 0) is 30.7 Å². The minimum Gasteiger partial charge on any atom is -0.549 e. The fourth-order valence-corrected chi connectivity index (χ4v) is 1.27. The maximum absolute atomic E-state index is 12.6.